The van der Waals surface area contributed by atoms with Gasteiger partial charge in [-0.1, -0.05) is 19.3 Å². The second kappa shape index (κ2) is 8.09. The molecule has 1 saturated carbocycles. The van der Waals surface area contributed by atoms with E-state index in [-0.39, 0.29) is 11.8 Å². The number of carbonyl (C=O) groups excluding carboxylic acids is 2. The molecule has 29 heavy (non-hydrogen) atoms. The molecule has 2 amide bonds. The molecular formula is C23H31N3O3. The number of hydrogen-bond donors (Lipinski definition) is 0. The summed E-state index contributed by atoms with van der Waals surface area (Å²) in [5, 5.41) is 0.978. The molecule has 0 N–H and O–H groups in total. The van der Waals surface area contributed by atoms with Gasteiger partial charge in [0.25, 0.3) is 5.91 Å². The van der Waals surface area contributed by atoms with Crippen molar-refractivity contribution >= 4 is 22.7 Å². The van der Waals surface area contributed by atoms with Crippen LogP contribution in [0.3, 0.4) is 0 Å². The number of carbonyl (C=O) groups is 2. The molecule has 1 aliphatic carbocycles. The van der Waals surface area contributed by atoms with Crippen molar-refractivity contribution in [3.05, 3.63) is 29.5 Å². The first-order valence-electron chi connectivity index (χ1n) is 10.7. The SMILES string of the molecule is COc1ccc2c(c1)c(C(=O)N1CCN(C(C)=O)CC1)c(C)n2C1CCCCC1. The van der Waals surface area contributed by atoms with Gasteiger partial charge < -0.3 is 19.1 Å². The van der Waals surface area contributed by atoms with Gasteiger partial charge >= 0.3 is 0 Å². The Labute approximate surface area is 172 Å². The predicted octanol–water partition coefficient (Wildman–Crippen LogP) is 3.77. The van der Waals surface area contributed by atoms with Gasteiger partial charge in [-0.2, -0.15) is 0 Å². The lowest BCUT2D eigenvalue weighted by Gasteiger charge is -2.34. The van der Waals surface area contributed by atoms with Crippen LogP contribution in [0.1, 0.15) is 61.1 Å². The van der Waals surface area contributed by atoms with Crippen molar-refractivity contribution in [1.29, 1.82) is 0 Å². The quantitative estimate of drug-likeness (QED) is 0.792. The number of hydrogen-bond acceptors (Lipinski definition) is 3. The van der Waals surface area contributed by atoms with Crippen LogP contribution >= 0.6 is 0 Å². The van der Waals surface area contributed by atoms with Gasteiger partial charge in [-0.3, -0.25) is 9.59 Å². The highest BCUT2D eigenvalue weighted by Crippen LogP contribution is 2.37. The van der Waals surface area contributed by atoms with Crippen molar-refractivity contribution < 1.29 is 14.3 Å². The molecule has 2 heterocycles. The van der Waals surface area contributed by atoms with Crippen LogP contribution in [0, 0.1) is 6.92 Å². The van der Waals surface area contributed by atoms with Crippen LogP contribution in [0.2, 0.25) is 0 Å². The van der Waals surface area contributed by atoms with Gasteiger partial charge in [-0.05, 0) is 38.0 Å². The van der Waals surface area contributed by atoms with Gasteiger partial charge in [0, 0.05) is 55.7 Å². The minimum atomic E-state index is 0.0681. The smallest absolute Gasteiger partial charge is 0.256 e. The van der Waals surface area contributed by atoms with Crippen LogP contribution in [-0.2, 0) is 4.79 Å². The molecule has 1 saturated heterocycles. The molecule has 0 spiro atoms. The maximum absolute atomic E-state index is 13.6. The van der Waals surface area contributed by atoms with Gasteiger partial charge in [0.05, 0.1) is 12.7 Å². The van der Waals surface area contributed by atoms with Crippen LogP contribution in [0.4, 0.5) is 0 Å². The lowest BCUT2D eigenvalue weighted by molar-refractivity contribution is -0.130. The minimum absolute atomic E-state index is 0.0681. The highest BCUT2D eigenvalue weighted by Gasteiger charge is 2.30. The second-order valence-electron chi connectivity index (χ2n) is 8.30. The summed E-state index contributed by atoms with van der Waals surface area (Å²) in [7, 11) is 1.66. The number of nitrogens with zero attached hydrogens (tertiary/aromatic N) is 3. The molecule has 1 aromatic carbocycles. The molecule has 1 aromatic heterocycles. The standard InChI is InChI=1S/C23H31N3O3/c1-16-22(23(28)25-13-11-24(12-14-25)17(2)27)20-15-19(29-3)9-10-21(20)26(16)18-7-5-4-6-8-18/h9-10,15,18H,4-8,11-14H2,1-3H3. The topological polar surface area (TPSA) is 54.8 Å². The minimum Gasteiger partial charge on any atom is -0.497 e. The van der Waals surface area contributed by atoms with Crippen molar-refractivity contribution in [2.24, 2.45) is 0 Å². The van der Waals surface area contributed by atoms with Gasteiger partial charge in [-0.25, -0.2) is 0 Å². The maximum Gasteiger partial charge on any atom is 0.256 e. The van der Waals surface area contributed by atoms with Crippen LogP contribution in [0.25, 0.3) is 10.9 Å². The van der Waals surface area contributed by atoms with E-state index in [9.17, 15) is 9.59 Å². The number of methoxy groups -OCH3 is 1. The number of aromatic nitrogens is 1. The highest BCUT2D eigenvalue weighted by molar-refractivity contribution is 6.09. The summed E-state index contributed by atoms with van der Waals surface area (Å²) in [6.07, 6.45) is 6.13. The Morgan fingerprint density at radius 3 is 2.28 bits per heavy atom. The number of benzene rings is 1. The van der Waals surface area contributed by atoms with Crippen LogP contribution in [-0.4, -0.2) is 59.5 Å². The summed E-state index contributed by atoms with van der Waals surface area (Å²) in [5.74, 6) is 0.916. The summed E-state index contributed by atoms with van der Waals surface area (Å²) >= 11 is 0. The number of rotatable bonds is 3. The normalized spacial score (nSPS) is 18.3. The largest absolute Gasteiger partial charge is 0.497 e. The Morgan fingerprint density at radius 2 is 1.66 bits per heavy atom. The molecule has 0 radical (unpaired) electrons. The van der Waals surface area contributed by atoms with Gasteiger partial charge in [0.2, 0.25) is 5.91 Å². The lowest BCUT2D eigenvalue weighted by atomic mass is 9.95. The molecule has 2 fully saturated rings. The van der Waals surface area contributed by atoms with Crippen molar-refractivity contribution in [3.8, 4) is 5.75 Å². The van der Waals surface area contributed by atoms with E-state index < -0.39 is 0 Å². The van der Waals surface area contributed by atoms with E-state index >= 15 is 0 Å². The Bertz CT molecular complexity index is 919. The first-order valence-corrected chi connectivity index (χ1v) is 10.7. The fourth-order valence-corrected chi connectivity index (χ4v) is 5.01. The van der Waals surface area contributed by atoms with E-state index in [1.165, 1.54) is 32.1 Å². The molecule has 1 aliphatic heterocycles. The molecule has 0 atom stereocenters. The first kappa shape index (κ1) is 19.8. The van der Waals surface area contributed by atoms with E-state index in [1.54, 1.807) is 14.0 Å². The first-order chi connectivity index (χ1) is 14.0. The zero-order valence-corrected chi connectivity index (χ0v) is 17.7. The summed E-state index contributed by atoms with van der Waals surface area (Å²) < 4.78 is 7.86. The van der Waals surface area contributed by atoms with E-state index in [0.29, 0.717) is 32.2 Å². The van der Waals surface area contributed by atoms with Gasteiger partial charge in [0.15, 0.2) is 0 Å². The Kier molecular flexibility index (Phi) is 5.52. The van der Waals surface area contributed by atoms with E-state index in [1.807, 2.05) is 21.9 Å². The molecular weight excluding hydrogens is 366 g/mol. The fourth-order valence-electron chi connectivity index (χ4n) is 5.01. The lowest BCUT2D eigenvalue weighted by Crippen LogP contribution is -2.50. The molecule has 2 aliphatic rings. The fraction of sp³-hybridized carbons (Fsp3) is 0.565. The summed E-state index contributed by atoms with van der Waals surface area (Å²) in [6.45, 7) is 6.04. The number of amides is 2. The van der Waals surface area contributed by atoms with Crippen molar-refractivity contribution in [2.45, 2.75) is 52.0 Å². The summed E-state index contributed by atoms with van der Waals surface area (Å²) in [6, 6.07) is 6.54. The van der Waals surface area contributed by atoms with Crippen molar-refractivity contribution in [2.75, 3.05) is 33.3 Å². The molecule has 4 rings (SSSR count). The van der Waals surface area contributed by atoms with Crippen LogP contribution < -0.4 is 4.74 Å². The van der Waals surface area contributed by atoms with E-state index in [4.69, 9.17) is 4.74 Å². The second-order valence-corrected chi connectivity index (χ2v) is 8.30. The average Bonchev–Trinajstić information content (AvgIpc) is 3.04. The number of ether oxygens (including phenoxy) is 1. The Balaban J connectivity index is 1.73. The monoisotopic (exact) mass is 397 g/mol. The number of piperazine rings is 1. The van der Waals surface area contributed by atoms with Crippen LogP contribution in [0.15, 0.2) is 18.2 Å². The summed E-state index contributed by atoms with van der Waals surface area (Å²) in [5.41, 5.74) is 2.97. The predicted molar refractivity (Wildman–Crippen MR) is 114 cm³/mol. The molecule has 2 aromatic rings. The molecule has 156 valence electrons. The zero-order chi connectivity index (χ0) is 20.5. The van der Waals surface area contributed by atoms with Crippen molar-refractivity contribution in [1.82, 2.24) is 14.4 Å². The Hall–Kier alpha value is -2.50. The van der Waals surface area contributed by atoms with Crippen LogP contribution in [0.5, 0.6) is 5.75 Å². The Morgan fingerprint density at radius 1 is 1.00 bits per heavy atom. The van der Waals surface area contributed by atoms with E-state index in [2.05, 4.69) is 17.6 Å². The van der Waals surface area contributed by atoms with Crippen molar-refractivity contribution in [3.63, 3.8) is 0 Å². The average molecular weight is 398 g/mol. The third-order valence-corrected chi connectivity index (χ3v) is 6.62. The maximum atomic E-state index is 13.6. The van der Waals surface area contributed by atoms with Gasteiger partial charge in [0.1, 0.15) is 5.75 Å². The molecule has 0 bridgehead atoms. The highest BCUT2D eigenvalue weighted by atomic mass is 16.5. The molecule has 0 unspecified atom stereocenters. The van der Waals surface area contributed by atoms with Gasteiger partial charge in [-0.15, -0.1) is 0 Å². The molecule has 6 nitrogen and oxygen atoms in total. The number of fused-ring (bicyclic) bond motifs is 1. The molecule has 6 heteroatoms. The third-order valence-electron chi connectivity index (χ3n) is 6.62. The zero-order valence-electron chi connectivity index (χ0n) is 17.7. The summed E-state index contributed by atoms with van der Waals surface area (Å²) in [4.78, 5) is 28.9. The van der Waals surface area contributed by atoms with E-state index in [0.717, 1.165) is 27.9 Å². The third kappa shape index (κ3) is 3.61.